The SMILES string of the molecule is COc1ccccc1N1CCN(C(=O)CC(=O)NCc2ccccc2F)CC1. The van der Waals surface area contributed by atoms with Crippen molar-refractivity contribution in [3.63, 3.8) is 0 Å². The van der Waals surface area contributed by atoms with E-state index in [0.717, 1.165) is 11.4 Å². The minimum absolute atomic E-state index is 0.0698. The van der Waals surface area contributed by atoms with E-state index in [1.165, 1.54) is 6.07 Å². The first-order valence-electron chi connectivity index (χ1n) is 9.24. The number of carbonyl (C=O) groups is 2. The number of hydrogen-bond acceptors (Lipinski definition) is 4. The van der Waals surface area contributed by atoms with E-state index in [2.05, 4.69) is 10.2 Å². The summed E-state index contributed by atoms with van der Waals surface area (Å²) in [5.74, 6) is -0.192. The van der Waals surface area contributed by atoms with Crippen LogP contribution < -0.4 is 15.0 Å². The predicted octanol–water partition coefficient (Wildman–Crippen LogP) is 2.19. The van der Waals surface area contributed by atoms with Crippen LogP contribution in [0.4, 0.5) is 10.1 Å². The van der Waals surface area contributed by atoms with Crippen molar-refractivity contribution in [2.24, 2.45) is 0 Å². The molecule has 7 heteroatoms. The summed E-state index contributed by atoms with van der Waals surface area (Å²) >= 11 is 0. The molecule has 6 nitrogen and oxygen atoms in total. The van der Waals surface area contributed by atoms with Crippen LogP contribution in [-0.2, 0) is 16.1 Å². The summed E-state index contributed by atoms with van der Waals surface area (Å²) in [6.45, 7) is 2.49. The molecule has 1 aliphatic heterocycles. The molecule has 2 aromatic rings. The van der Waals surface area contributed by atoms with E-state index < -0.39 is 5.91 Å². The molecule has 1 N–H and O–H groups in total. The van der Waals surface area contributed by atoms with Crippen LogP contribution in [0.3, 0.4) is 0 Å². The number of piperazine rings is 1. The topological polar surface area (TPSA) is 61.9 Å². The number of hydrogen-bond donors (Lipinski definition) is 1. The zero-order chi connectivity index (χ0) is 19.9. The van der Waals surface area contributed by atoms with Crippen molar-refractivity contribution >= 4 is 17.5 Å². The van der Waals surface area contributed by atoms with Crippen molar-refractivity contribution in [1.82, 2.24) is 10.2 Å². The molecule has 0 atom stereocenters. The number of nitrogens with one attached hydrogen (secondary N) is 1. The Morgan fingerprint density at radius 2 is 1.71 bits per heavy atom. The highest BCUT2D eigenvalue weighted by molar-refractivity contribution is 5.97. The average Bonchev–Trinajstić information content (AvgIpc) is 2.73. The Hall–Kier alpha value is -3.09. The summed E-state index contributed by atoms with van der Waals surface area (Å²) in [5.41, 5.74) is 1.40. The fourth-order valence-corrected chi connectivity index (χ4v) is 3.23. The van der Waals surface area contributed by atoms with E-state index in [1.807, 2.05) is 24.3 Å². The van der Waals surface area contributed by atoms with E-state index in [-0.39, 0.29) is 24.7 Å². The van der Waals surface area contributed by atoms with Crippen molar-refractivity contribution < 1.29 is 18.7 Å². The smallest absolute Gasteiger partial charge is 0.232 e. The standard InChI is InChI=1S/C21H24FN3O3/c1-28-19-9-5-4-8-18(19)24-10-12-25(13-11-24)21(27)14-20(26)23-15-16-6-2-3-7-17(16)22/h2-9H,10-15H2,1H3,(H,23,26). The van der Waals surface area contributed by atoms with E-state index in [0.29, 0.717) is 31.7 Å². The van der Waals surface area contributed by atoms with Crippen LogP contribution in [0.5, 0.6) is 5.75 Å². The summed E-state index contributed by atoms with van der Waals surface area (Å²) in [6.07, 6.45) is -0.233. The molecular formula is C21H24FN3O3. The molecule has 3 rings (SSSR count). The Bertz CT molecular complexity index is 835. The number of amides is 2. The van der Waals surface area contributed by atoms with Gasteiger partial charge in [-0.3, -0.25) is 9.59 Å². The summed E-state index contributed by atoms with van der Waals surface area (Å²) in [4.78, 5) is 28.3. The van der Waals surface area contributed by atoms with Gasteiger partial charge in [-0.1, -0.05) is 30.3 Å². The first-order valence-corrected chi connectivity index (χ1v) is 9.24. The molecule has 2 amide bonds. The number of carbonyl (C=O) groups excluding carboxylic acids is 2. The summed E-state index contributed by atoms with van der Waals surface area (Å²) in [6, 6.07) is 14.0. The molecule has 28 heavy (non-hydrogen) atoms. The molecule has 1 heterocycles. The molecule has 0 bridgehead atoms. The highest BCUT2D eigenvalue weighted by Crippen LogP contribution is 2.28. The van der Waals surface area contributed by atoms with Gasteiger partial charge < -0.3 is 19.9 Å². The molecule has 148 valence electrons. The van der Waals surface area contributed by atoms with Crippen molar-refractivity contribution in [2.45, 2.75) is 13.0 Å². The van der Waals surface area contributed by atoms with E-state index in [1.54, 1.807) is 30.2 Å². The zero-order valence-electron chi connectivity index (χ0n) is 15.9. The van der Waals surface area contributed by atoms with Crippen LogP contribution in [-0.4, -0.2) is 50.0 Å². The lowest BCUT2D eigenvalue weighted by Gasteiger charge is -2.36. The number of ether oxygens (including phenoxy) is 1. The molecule has 0 aliphatic carbocycles. The maximum atomic E-state index is 13.6. The molecule has 0 unspecified atom stereocenters. The maximum Gasteiger partial charge on any atom is 0.232 e. The quantitative estimate of drug-likeness (QED) is 0.775. The Balaban J connectivity index is 1.47. The lowest BCUT2D eigenvalue weighted by Crippen LogP contribution is -2.49. The third kappa shape index (κ3) is 4.79. The number of methoxy groups -OCH3 is 1. The second-order valence-corrected chi connectivity index (χ2v) is 6.58. The number of anilines is 1. The largest absolute Gasteiger partial charge is 0.495 e. The second-order valence-electron chi connectivity index (χ2n) is 6.58. The number of benzene rings is 2. The summed E-state index contributed by atoms with van der Waals surface area (Å²) in [7, 11) is 1.64. The number of para-hydroxylation sites is 2. The molecule has 0 spiro atoms. The Morgan fingerprint density at radius 1 is 1.04 bits per heavy atom. The molecule has 1 aliphatic rings. The van der Waals surface area contributed by atoms with Crippen LogP contribution in [0.15, 0.2) is 48.5 Å². The number of halogens is 1. The van der Waals surface area contributed by atoms with Gasteiger partial charge in [0.25, 0.3) is 0 Å². The molecule has 2 aromatic carbocycles. The fraction of sp³-hybridized carbons (Fsp3) is 0.333. The number of rotatable bonds is 6. The van der Waals surface area contributed by atoms with Crippen LogP contribution in [0.2, 0.25) is 0 Å². The monoisotopic (exact) mass is 385 g/mol. The predicted molar refractivity (Wildman–Crippen MR) is 105 cm³/mol. The van der Waals surface area contributed by atoms with Gasteiger partial charge in [0.2, 0.25) is 11.8 Å². The Labute approximate surface area is 163 Å². The van der Waals surface area contributed by atoms with Crippen LogP contribution in [0.1, 0.15) is 12.0 Å². The van der Waals surface area contributed by atoms with E-state index in [9.17, 15) is 14.0 Å². The lowest BCUT2D eigenvalue weighted by molar-refractivity contribution is -0.136. The van der Waals surface area contributed by atoms with E-state index in [4.69, 9.17) is 4.74 Å². The summed E-state index contributed by atoms with van der Waals surface area (Å²) < 4.78 is 19.0. The van der Waals surface area contributed by atoms with Gasteiger partial charge in [0.1, 0.15) is 18.0 Å². The highest BCUT2D eigenvalue weighted by atomic mass is 19.1. The highest BCUT2D eigenvalue weighted by Gasteiger charge is 2.24. The Morgan fingerprint density at radius 3 is 2.43 bits per heavy atom. The van der Waals surface area contributed by atoms with Gasteiger partial charge in [0.05, 0.1) is 12.8 Å². The van der Waals surface area contributed by atoms with Crippen LogP contribution in [0.25, 0.3) is 0 Å². The van der Waals surface area contributed by atoms with Crippen molar-refractivity contribution in [1.29, 1.82) is 0 Å². The third-order valence-corrected chi connectivity index (χ3v) is 4.80. The zero-order valence-corrected chi connectivity index (χ0v) is 15.9. The first kappa shape index (κ1) is 19.7. The van der Waals surface area contributed by atoms with Gasteiger partial charge in [-0.25, -0.2) is 4.39 Å². The average molecular weight is 385 g/mol. The van der Waals surface area contributed by atoms with Gasteiger partial charge in [0.15, 0.2) is 0 Å². The maximum absolute atomic E-state index is 13.6. The van der Waals surface area contributed by atoms with Crippen LogP contribution in [0, 0.1) is 5.82 Å². The summed E-state index contributed by atoms with van der Waals surface area (Å²) in [5, 5.41) is 2.61. The Kier molecular flexibility index (Phi) is 6.47. The second kappa shape index (κ2) is 9.21. The first-order chi connectivity index (χ1) is 13.6. The van der Waals surface area contributed by atoms with Crippen molar-refractivity contribution in [3.05, 3.63) is 59.9 Å². The number of nitrogens with zero attached hydrogens (tertiary/aromatic N) is 2. The normalized spacial score (nSPS) is 13.9. The lowest BCUT2D eigenvalue weighted by atomic mass is 10.2. The van der Waals surface area contributed by atoms with Gasteiger partial charge >= 0.3 is 0 Å². The molecule has 0 saturated carbocycles. The van der Waals surface area contributed by atoms with Crippen molar-refractivity contribution in [3.8, 4) is 5.75 Å². The minimum atomic E-state index is -0.402. The van der Waals surface area contributed by atoms with Crippen molar-refractivity contribution in [2.75, 3.05) is 38.2 Å². The molecule has 1 fully saturated rings. The van der Waals surface area contributed by atoms with Crippen LogP contribution >= 0.6 is 0 Å². The van der Waals surface area contributed by atoms with Gasteiger partial charge in [-0.2, -0.15) is 0 Å². The minimum Gasteiger partial charge on any atom is -0.495 e. The molecule has 0 radical (unpaired) electrons. The molecule has 0 aromatic heterocycles. The molecular weight excluding hydrogens is 361 g/mol. The molecule has 1 saturated heterocycles. The van der Waals surface area contributed by atoms with Gasteiger partial charge in [0, 0.05) is 38.3 Å². The van der Waals surface area contributed by atoms with Gasteiger partial charge in [-0.15, -0.1) is 0 Å². The van der Waals surface area contributed by atoms with Gasteiger partial charge in [-0.05, 0) is 18.2 Å². The fourth-order valence-electron chi connectivity index (χ4n) is 3.23. The van der Waals surface area contributed by atoms with E-state index >= 15 is 0 Å². The third-order valence-electron chi connectivity index (χ3n) is 4.80.